The predicted molar refractivity (Wildman–Crippen MR) is 83.9 cm³/mol. The zero-order valence-corrected chi connectivity index (χ0v) is 12.4. The smallest absolute Gasteiger partial charge is 0.255 e. The largest absolute Gasteiger partial charge is 0.399 e. The predicted octanol–water partition coefficient (Wildman–Crippen LogP) is 3.96. The molecule has 3 N–H and O–H groups in total. The molecule has 0 heterocycles. The van der Waals surface area contributed by atoms with Crippen LogP contribution in [0.3, 0.4) is 0 Å². The van der Waals surface area contributed by atoms with E-state index in [2.05, 4.69) is 26.1 Å². The number of rotatable bonds is 2. The highest BCUT2D eigenvalue weighted by molar-refractivity contribution is 6.04. The molecule has 2 aromatic rings. The van der Waals surface area contributed by atoms with Crippen LogP contribution in [0.2, 0.25) is 0 Å². The van der Waals surface area contributed by atoms with Gasteiger partial charge in [-0.3, -0.25) is 4.79 Å². The Labute approximate surface area is 124 Å². The molecular weight excluding hydrogens is 267 g/mol. The van der Waals surface area contributed by atoms with E-state index < -0.39 is 5.82 Å². The van der Waals surface area contributed by atoms with Gasteiger partial charge in [-0.25, -0.2) is 4.39 Å². The molecule has 4 heteroatoms. The molecule has 0 fully saturated rings. The highest BCUT2D eigenvalue weighted by atomic mass is 19.1. The highest BCUT2D eigenvalue weighted by Gasteiger charge is 2.14. The molecule has 21 heavy (non-hydrogen) atoms. The first-order chi connectivity index (χ1) is 9.75. The fourth-order valence-corrected chi connectivity index (χ4v) is 2.01. The minimum absolute atomic E-state index is 0.0337. The molecule has 0 atom stereocenters. The molecular formula is C17H19FN2O. The Morgan fingerprint density at radius 2 is 1.71 bits per heavy atom. The third-order valence-electron chi connectivity index (χ3n) is 3.19. The topological polar surface area (TPSA) is 55.1 Å². The Kier molecular flexibility index (Phi) is 3.98. The second-order valence-corrected chi connectivity index (χ2v) is 6.05. The fraction of sp³-hybridized carbons (Fsp3) is 0.235. The van der Waals surface area contributed by atoms with Gasteiger partial charge in [-0.2, -0.15) is 0 Å². The van der Waals surface area contributed by atoms with Crippen molar-refractivity contribution in [2.75, 3.05) is 11.1 Å². The van der Waals surface area contributed by atoms with Gasteiger partial charge in [0.05, 0.1) is 0 Å². The first-order valence-corrected chi connectivity index (χ1v) is 6.74. The van der Waals surface area contributed by atoms with Gasteiger partial charge in [-0.05, 0) is 41.3 Å². The molecule has 0 bridgehead atoms. The van der Waals surface area contributed by atoms with E-state index in [9.17, 15) is 9.18 Å². The van der Waals surface area contributed by atoms with Crippen LogP contribution in [0.25, 0.3) is 0 Å². The summed E-state index contributed by atoms with van der Waals surface area (Å²) in [5, 5.41) is 2.64. The summed E-state index contributed by atoms with van der Waals surface area (Å²) in [5.41, 5.74) is 7.87. The van der Waals surface area contributed by atoms with Gasteiger partial charge in [0.1, 0.15) is 5.82 Å². The number of anilines is 2. The average molecular weight is 286 g/mol. The number of nitrogen functional groups attached to an aromatic ring is 1. The molecule has 2 aromatic carbocycles. The maximum absolute atomic E-state index is 13.2. The Balaban J connectivity index is 2.17. The molecule has 0 aliphatic heterocycles. The van der Waals surface area contributed by atoms with Crippen molar-refractivity contribution in [3.63, 3.8) is 0 Å². The van der Waals surface area contributed by atoms with Gasteiger partial charge >= 0.3 is 0 Å². The zero-order valence-electron chi connectivity index (χ0n) is 12.4. The van der Waals surface area contributed by atoms with E-state index in [-0.39, 0.29) is 17.0 Å². The van der Waals surface area contributed by atoms with Crippen molar-refractivity contribution in [2.45, 2.75) is 26.2 Å². The summed E-state index contributed by atoms with van der Waals surface area (Å²) in [6.07, 6.45) is 0. The fourth-order valence-electron chi connectivity index (χ4n) is 2.01. The quantitative estimate of drug-likeness (QED) is 0.821. The molecule has 0 unspecified atom stereocenters. The van der Waals surface area contributed by atoms with Crippen LogP contribution in [0.5, 0.6) is 0 Å². The first-order valence-electron chi connectivity index (χ1n) is 6.74. The third-order valence-corrected chi connectivity index (χ3v) is 3.19. The van der Waals surface area contributed by atoms with Crippen LogP contribution >= 0.6 is 0 Å². The highest BCUT2D eigenvalue weighted by Crippen LogP contribution is 2.22. The van der Waals surface area contributed by atoms with Crippen molar-refractivity contribution in [1.29, 1.82) is 0 Å². The summed E-state index contributed by atoms with van der Waals surface area (Å²) in [5.74, 6) is -0.770. The summed E-state index contributed by atoms with van der Waals surface area (Å²) < 4.78 is 13.2. The summed E-state index contributed by atoms with van der Waals surface area (Å²) >= 11 is 0. The molecule has 0 saturated carbocycles. The minimum atomic E-state index is -0.478. The van der Waals surface area contributed by atoms with Crippen LogP contribution in [0.15, 0.2) is 42.5 Å². The van der Waals surface area contributed by atoms with E-state index in [1.54, 1.807) is 12.1 Å². The lowest BCUT2D eigenvalue weighted by atomic mass is 9.87. The molecule has 0 saturated heterocycles. The van der Waals surface area contributed by atoms with E-state index in [4.69, 9.17) is 5.73 Å². The molecule has 110 valence electrons. The number of carbonyl (C=O) groups excluding carboxylic acids is 1. The van der Waals surface area contributed by atoms with Crippen LogP contribution in [0.1, 0.15) is 36.7 Å². The molecule has 1 amide bonds. The standard InChI is InChI=1S/C17H19FN2O/c1-17(2,3)12-6-4-11(5-7-12)16(21)20-15-9-13(18)8-14(19)10-15/h4-10H,19H2,1-3H3,(H,20,21). The number of hydrogen-bond acceptors (Lipinski definition) is 2. The molecule has 2 rings (SSSR count). The SMILES string of the molecule is CC(C)(C)c1ccc(C(=O)Nc2cc(N)cc(F)c2)cc1. The van der Waals surface area contributed by atoms with E-state index in [0.717, 1.165) is 5.56 Å². The number of halogens is 1. The van der Waals surface area contributed by atoms with E-state index in [1.165, 1.54) is 18.2 Å². The Morgan fingerprint density at radius 1 is 1.10 bits per heavy atom. The van der Waals surface area contributed by atoms with E-state index >= 15 is 0 Å². The van der Waals surface area contributed by atoms with Gasteiger partial charge in [0.15, 0.2) is 0 Å². The van der Waals surface area contributed by atoms with Crippen molar-refractivity contribution in [3.05, 3.63) is 59.4 Å². The normalized spacial score (nSPS) is 11.2. The van der Waals surface area contributed by atoms with Crippen LogP contribution in [-0.4, -0.2) is 5.91 Å². The van der Waals surface area contributed by atoms with Crippen molar-refractivity contribution in [2.24, 2.45) is 0 Å². The summed E-state index contributed by atoms with van der Waals surface area (Å²) in [6.45, 7) is 6.33. The second-order valence-electron chi connectivity index (χ2n) is 6.05. The van der Waals surface area contributed by atoms with Gasteiger partial charge in [0.25, 0.3) is 5.91 Å². The lowest BCUT2D eigenvalue weighted by Gasteiger charge is -2.19. The molecule has 0 radical (unpaired) electrons. The maximum atomic E-state index is 13.2. The van der Waals surface area contributed by atoms with Crippen LogP contribution in [0, 0.1) is 5.82 Å². The lowest BCUT2D eigenvalue weighted by Crippen LogP contribution is -2.14. The zero-order chi connectivity index (χ0) is 15.6. The number of nitrogens with one attached hydrogen (secondary N) is 1. The molecule has 0 aromatic heterocycles. The number of amides is 1. The number of benzene rings is 2. The Bertz CT molecular complexity index is 637. The van der Waals surface area contributed by atoms with E-state index in [1.807, 2.05) is 12.1 Å². The lowest BCUT2D eigenvalue weighted by molar-refractivity contribution is 0.102. The molecule has 3 nitrogen and oxygen atoms in total. The van der Waals surface area contributed by atoms with Crippen molar-refractivity contribution in [3.8, 4) is 0 Å². The van der Waals surface area contributed by atoms with Gasteiger partial charge in [-0.1, -0.05) is 32.9 Å². The minimum Gasteiger partial charge on any atom is -0.399 e. The van der Waals surface area contributed by atoms with Gasteiger partial charge in [-0.15, -0.1) is 0 Å². The average Bonchev–Trinajstić information content (AvgIpc) is 2.36. The van der Waals surface area contributed by atoms with Gasteiger partial charge in [0, 0.05) is 16.9 Å². The maximum Gasteiger partial charge on any atom is 0.255 e. The van der Waals surface area contributed by atoms with E-state index in [0.29, 0.717) is 11.3 Å². The van der Waals surface area contributed by atoms with Crippen molar-refractivity contribution in [1.82, 2.24) is 0 Å². The molecule has 0 aliphatic rings. The summed E-state index contributed by atoms with van der Waals surface area (Å²) in [7, 11) is 0. The monoisotopic (exact) mass is 286 g/mol. The molecule has 0 aliphatic carbocycles. The van der Waals surface area contributed by atoms with Crippen LogP contribution in [-0.2, 0) is 5.41 Å². The molecule has 0 spiro atoms. The van der Waals surface area contributed by atoms with Gasteiger partial charge < -0.3 is 11.1 Å². The van der Waals surface area contributed by atoms with Crippen LogP contribution in [0.4, 0.5) is 15.8 Å². The third kappa shape index (κ3) is 3.81. The van der Waals surface area contributed by atoms with Crippen molar-refractivity contribution < 1.29 is 9.18 Å². The van der Waals surface area contributed by atoms with Crippen LogP contribution < -0.4 is 11.1 Å². The first kappa shape index (κ1) is 15.0. The van der Waals surface area contributed by atoms with Gasteiger partial charge in [0.2, 0.25) is 0 Å². The Hall–Kier alpha value is -2.36. The second kappa shape index (κ2) is 5.56. The summed E-state index contributed by atoms with van der Waals surface area (Å²) in [4.78, 5) is 12.1. The number of carbonyl (C=O) groups is 1. The number of nitrogens with two attached hydrogens (primary N) is 1. The van der Waals surface area contributed by atoms with Crippen molar-refractivity contribution >= 4 is 17.3 Å². The summed E-state index contributed by atoms with van der Waals surface area (Å²) in [6, 6.07) is 11.3. The Morgan fingerprint density at radius 3 is 2.24 bits per heavy atom. The number of hydrogen-bond donors (Lipinski definition) is 2.